The van der Waals surface area contributed by atoms with E-state index in [0.29, 0.717) is 24.4 Å². The second-order valence-corrected chi connectivity index (χ2v) is 4.26. The van der Waals surface area contributed by atoms with Gasteiger partial charge in [-0.3, -0.25) is 14.4 Å². The molecule has 7 nitrogen and oxygen atoms in total. The molecule has 0 aliphatic heterocycles. The van der Waals surface area contributed by atoms with Gasteiger partial charge in [0.2, 0.25) is 0 Å². The molecule has 20 heavy (non-hydrogen) atoms. The fourth-order valence-corrected chi connectivity index (χ4v) is 1.73. The Morgan fingerprint density at radius 1 is 1.30 bits per heavy atom. The molecule has 0 aromatic carbocycles. The van der Waals surface area contributed by atoms with Crippen LogP contribution in [0.5, 0.6) is 0 Å². The van der Waals surface area contributed by atoms with Crippen molar-refractivity contribution >= 4 is 18.4 Å². The number of ether oxygens (including phenoxy) is 1. The molecule has 0 spiro atoms. The van der Waals surface area contributed by atoms with E-state index in [9.17, 15) is 14.4 Å². The first-order valence-electron chi connectivity index (χ1n) is 6.10. The standard InChI is InChI=1S/C13H16O7/c14-8-19-6-5-10-2-3-11(20-10)7-9(13(17)18)1-4-12(15)16/h2-3,8-9H,1,4-7H2,(H,15,16)(H,17,18). The third-order valence-corrected chi connectivity index (χ3v) is 2.76. The topological polar surface area (TPSA) is 114 Å². The maximum absolute atomic E-state index is 11.0. The van der Waals surface area contributed by atoms with Crippen LogP contribution < -0.4 is 0 Å². The van der Waals surface area contributed by atoms with Crippen LogP contribution in [0.25, 0.3) is 0 Å². The first-order chi connectivity index (χ1) is 9.52. The normalized spacial score (nSPS) is 11.8. The fraction of sp³-hybridized carbons (Fsp3) is 0.462. The van der Waals surface area contributed by atoms with Crippen LogP contribution in [-0.2, 0) is 32.0 Å². The Kier molecular flexibility index (Phi) is 6.28. The highest BCUT2D eigenvalue weighted by Crippen LogP contribution is 2.17. The molecule has 0 radical (unpaired) electrons. The first-order valence-corrected chi connectivity index (χ1v) is 6.10. The highest BCUT2D eigenvalue weighted by atomic mass is 16.5. The van der Waals surface area contributed by atoms with Gasteiger partial charge in [0.05, 0.1) is 12.5 Å². The smallest absolute Gasteiger partial charge is 0.306 e. The van der Waals surface area contributed by atoms with Gasteiger partial charge in [0.1, 0.15) is 11.5 Å². The van der Waals surface area contributed by atoms with Gasteiger partial charge in [-0.1, -0.05) is 0 Å². The van der Waals surface area contributed by atoms with Crippen molar-refractivity contribution in [2.75, 3.05) is 6.61 Å². The molecule has 0 aliphatic rings. The summed E-state index contributed by atoms with van der Waals surface area (Å²) in [7, 11) is 0. The Balaban J connectivity index is 2.53. The fourth-order valence-electron chi connectivity index (χ4n) is 1.73. The van der Waals surface area contributed by atoms with Crippen molar-refractivity contribution in [3.8, 4) is 0 Å². The molecule has 1 aromatic rings. The summed E-state index contributed by atoms with van der Waals surface area (Å²) in [4.78, 5) is 31.5. The molecule has 1 unspecified atom stereocenters. The largest absolute Gasteiger partial charge is 0.481 e. The number of carboxylic acid groups (broad SMARTS) is 2. The molecule has 1 heterocycles. The summed E-state index contributed by atoms with van der Waals surface area (Å²) in [6, 6.07) is 3.33. The van der Waals surface area contributed by atoms with Gasteiger partial charge < -0.3 is 19.4 Å². The lowest BCUT2D eigenvalue weighted by Gasteiger charge is -2.08. The molecular formula is C13H16O7. The van der Waals surface area contributed by atoms with E-state index in [-0.39, 0.29) is 25.9 Å². The molecule has 1 atom stereocenters. The van der Waals surface area contributed by atoms with E-state index in [2.05, 4.69) is 4.74 Å². The lowest BCUT2D eigenvalue weighted by atomic mass is 9.98. The minimum Gasteiger partial charge on any atom is -0.481 e. The summed E-state index contributed by atoms with van der Waals surface area (Å²) in [6.45, 7) is 0.536. The summed E-state index contributed by atoms with van der Waals surface area (Å²) >= 11 is 0. The van der Waals surface area contributed by atoms with E-state index in [1.807, 2.05) is 0 Å². The molecule has 0 fully saturated rings. The number of carboxylic acids is 2. The number of aliphatic carboxylic acids is 2. The molecule has 2 N–H and O–H groups in total. The Morgan fingerprint density at radius 3 is 2.60 bits per heavy atom. The molecular weight excluding hydrogens is 268 g/mol. The van der Waals surface area contributed by atoms with E-state index >= 15 is 0 Å². The van der Waals surface area contributed by atoms with Crippen molar-refractivity contribution in [3.05, 3.63) is 23.7 Å². The lowest BCUT2D eigenvalue weighted by molar-refractivity contribution is -0.143. The minimum atomic E-state index is -1.05. The second-order valence-electron chi connectivity index (χ2n) is 4.26. The van der Waals surface area contributed by atoms with Crippen LogP contribution in [0, 0.1) is 5.92 Å². The zero-order valence-corrected chi connectivity index (χ0v) is 10.8. The van der Waals surface area contributed by atoms with E-state index in [0.717, 1.165) is 0 Å². The van der Waals surface area contributed by atoms with Crippen LogP contribution in [0.4, 0.5) is 0 Å². The van der Waals surface area contributed by atoms with Gasteiger partial charge in [-0.25, -0.2) is 0 Å². The summed E-state index contributed by atoms with van der Waals surface area (Å²) < 4.78 is 9.94. The molecule has 1 aromatic heterocycles. The second kappa shape index (κ2) is 7.98. The third kappa shape index (κ3) is 5.55. The molecule has 0 amide bonds. The number of carbonyl (C=O) groups is 3. The average Bonchev–Trinajstić information content (AvgIpc) is 2.82. The molecule has 1 rings (SSSR count). The van der Waals surface area contributed by atoms with Gasteiger partial charge in [-0.15, -0.1) is 0 Å². The molecule has 7 heteroatoms. The number of rotatable bonds is 10. The zero-order valence-electron chi connectivity index (χ0n) is 10.8. The molecule has 0 aliphatic carbocycles. The Labute approximate surface area is 115 Å². The Bertz CT molecular complexity index is 463. The zero-order chi connectivity index (χ0) is 15.0. The first kappa shape index (κ1) is 15.7. The maximum atomic E-state index is 11.0. The predicted molar refractivity (Wildman–Crippen MR) is 66.1 cm³/mol. The summed E-state index contributed by atoms with van der Waals surface area (Å²) in [5, 5.41) is 17.6. The maximum Gasteiger partial charge on any atom is 0.306 e. The predicted octanol–water partition coefficient (Wildman–Crippen LogP) is 1.10. The van der Waals surface area contributed by atoms with E-state index in [1.54, 1.807) is 12.1 Å². The molecule has 0 saturated carbocycles. The average molecular weight is 284 g/mol. The summed E-state index contributed by atoms with van der Waals surface area (Å²) in [5.41, 5.74) is 0. The van der Waals surface area contributed by atoms with Crippen LogP contribution >= 0.6 is 0 Å². The molecule has 110 valence electrons. The van der Waals surface area contributed by atoms with Crippen LogP contribution in [0.1, 0.15) is 24.4 Å². The van der Waals surface area contributed by atoms with Crippen molar-refractivity contribution in [3.63, 3.8) is 0 Å². The van der Waals surface area contributed by atoms with Crippen LogP contribution in [-0.4, -0.2) is 35.2 Å². The van der Waals surface area contributed by atoms with Gasteiger partial charge in [0.25, 0.3) is 6.47 Å². The van der Waals surface area contributed by atoms with Gasteiger partial charge in [0.15, 0.2) is 0 Å². The van der Waals surface area contributed by atoms with Gasteiger partial charge in [-0.2, -0.15) is 0 Å². The van der Waals surface area contributed by atoms with Gasteiger partial charge in [-0.05, 0) is 18.6 Å². The van der Waals surface area contributed by atoms with Crippen molar-refractivity contribution in [1.82, 2.24) is 0 Å². The lowest BCUT2D eigenvalue weighted by Crippen LogP contribution is -2.17. The highest BCUT2D eigenvalue weighted by Gasteiger charge is 2.20. The Morgan fingerprint density at radius 2 is 2.00 bits per heavy atom. The molecule has 0 bridgehead atoms. The summed E-state index contributed by atoms with van der Waals surface area (Å²) in [6.07, 6.45) is 0.398. The quantitative estimate of drug-likeness (QED) is 0.488. The number of hydrogen-bond acceptors (Lipinski definition) is 5. The number of carbonyl (C=O) groups excluding carboxylic acids is 1. The van der Waals surface area contributed by atoms with E-state index < -0.39 is 17.9 Å². The van der Waals surface area contributed by atoms with Gasteiger partial charge in [0, 0.05) is 19.3 Å². The van der Waals surface area contributed by atoms with Crippen LogP contribution in [0.3, 0.4) is 0 Å². The monoisotopic (exact) mass is 284 g/mol. The minimum absolute atomic E-state index is 0.0505. The van der Waals surface area contributed by atoms with E-state index in [1.165, 1.54) is 0 Å². The van der Waals surface area contributed by atoms with Crippen molar-refractivity contribution in [2.45, 2.75) is 25.7 Å². The van der Waals surface area contributed by atoms with Gasteiger partial charge >= 0.3 is 11.9 Å². The SMILES string of the molecule is O=COCCc1ccc(CC(CCC(=O)O)C(=O)O)o1. The van der Waals surface area contributed by atoms with E-state index in [4.69, 9.17) is 14.6 Å². The molecule has 0 saturated heterocycles. The van der Waals surface area contributed by atoms with Crippen molar-refractivity contribution in [1.29, 1.82) is 0 Å². The number of furan rings is 1. The summed E-state index contributed by atoms with van der Waals surface area (Å²) in [5.74, 6) is -1.81. The number of hydrogen-bond donors (Lipinski definition) is 2. The van der Waals surface area contributed by atoms with Crippen molar-refractivity contribution < 1.29 is 33.8 Å². The Hall–Kier alpha value is -2.31. The third-order valence-electron chi connectivity index (χ3n) is 2.76. The van der Waals surface area contributed by atoms with Crippen LogP contribution in [0.15, 0.2) is 16.5 Å². The highest BCUT2D eigenvalue weighted by molar-refractivity contribution is 5.72. The van der Waals surface area contributed by atoms with Crippen molar-refractivity contribution in [2.24, 2.45) is 5.92 Å². The van der Waals surface area contributed by atoms with Crippen LogP contribution in [0.2, 0.25) is 0 Å².